The van der Waals surface area contributed by atoms with E-state index in [9.17, 15) is 22.7 Å². The Morgan fingerprint density at radius 1 is 1.03 bits per heavy atom. The number of halogens is 2. The minimum absolute atomic E-state index is 0.0406. The van der Waals surface area contributed by atoms with Gasteiger partial charge in [-0.1, -0.05) is 59.6 Å². The highest BCUT2D eigenvalue weighted by molar-refractivity contribution is 7.89. The Kier molecular flexibility index (Phi) is 6.38. The highest BCUT2D eigenvalue weighted by atomic mass is 35.5. The van der Waals surface area contributed by atoms with Gasteiger partial charge in [0.15, 0.2) is 0 Å². The lowest BCUT2D eigenvalue weighted by Gasteiger charge is -2.40. The summed E-state index contributed by atoms with van der Waals surface area (Å²) in [7, 11) is -4.17. The van der Waals surface area contributed by atoms with Crippen molar-refractivity contribution in [2.24, 2.45) is 0 Å². The van der Waals surface area contributed by atoms with Gasteiger partial charge in [-0.25, -0.2) is 17.6 Å². The number of carbonyl (C=O) groups is 1. The third-order valence-electron chi connectivity index (χ3n) is 5.68. The molecule has 1 aliphatic rings. The second-order valence-corrected chi connectivity index (χ2v) is 10.2. The van der Waals surface area contributed by atoms with Crippen LogP contribution in [-0.4, -0.2) is 23.8 Å². The molecule has 0 spiro atoms. The van der Waals surface area contributed by atoms with E-state index in [0.29, 0.717) is 16.1 Å². The highest BCUT2D eigenvalue weighted by Gasteiger charge is 2.44. The molecule has 0 fully saturated rings. The molecule has 1 N–H and O–H groups in total. The summed E-state index contributed by atoms with van der Waals surface area (Å²) in [6.07, 6.45) is 1.65. The Bertz CT molecular complexity index is 1320. The van der Waals surface area contributed by atoms with E-state index < -0.39 is 33.9 Å². The summed E-state index contributed by atoms with van der Waals surface area (Å²) >= 11 is 6.18. The van der Waals surface area contributed by atoms with Crippen LogP contribution >= 0.6 is 11.6 Å². The van der Waals surface area contributed by atoms with Gasteiger partial charge in [-0.2, -0.15) is 4.31 Å². The highest BCUT2D eigenvalue weighted by Crippen LogP contribution is 2.46. The number of hydrogen-bond acceptors (Lipinski definition) is 3. The van der Waals surface area contributed by atoms with Crippen LogP contribution in [0.4, 0.5) is 4.39 Å². The summed E-state index contributed by atoms with van der Waals surface area (Å²) in [6.45, 7) is 1.85. The summed E-state index contributed by atoms with van der Waals surface area (Å²) < 4.78 is 42.8. The smallest absolute Gasteiger partial charge is 0.333 e. The van der Waals surface area contributed by atoms with Gasteiger partial charge in [0.05, 0.1) is 22.6 Å². The van der Waals surface area contributed by atoms with Gasteiger partial charge < -0.3 is 5.11 Å². The predicted octanol–water partition coefficient (Wildman–Crippen LogP) is 5.68. The molecule has 0 radical (unpaired) electrons. The molecule has 5 nitrogen and oxygen atoms in total. The molecule has 3 aromatic carbocycles. The van der Waals surface area contributed by atoms with Crippen LogP contribution in [0, 0.1) is 12.7 Å². The zero-order valence-electron chi connectivity index (χ0n) is 17.7. The van der Waals surface area contributed by atoms with Gasteiger partial charge in [-0.3, -0.25) is 0 Å². The van der Waals surface area contributed by atoms with Crippen LogP contribution < -0.4 is 0 Å². The Balaban J connectivity index is 1.97. The van der Waals surface area contributed by atoms with Crippen molar-refractivity contribution < 1.29 is 22.7 Å². The van der Waals surface area contributed by atoms with Crippen LogP contribution in [0.2, 0.25) is 5.02 Å². The van der Waals surface area contributed by atoms with E-state index in [0.717, 1.165) is 5.56 Å². The molecule has 0 aliphatic carbocycles. The van der Waals surface area contributed by atoms with Crippen molar-refractivity contribution >= 4 is 27.6 Å². The zero-order chi connectivity index (χ0) is 23.8. The Morgan fingerprint density at radius 3 is 2.30 bits per heavy atom. The van der Waals surface area contributed by atoms with Crippen molar-refractivity contribution in [3.05, 3.63) is 112 Å². The molecule has 1 heterocycles. The lowest BCUT2D eigenvalue weighted by molar-refractivity contribution is -0.133. The van der Waals surface area contributed by atoms with Gasteiger partial charge in [0.1, 0.15) is 5.82 Å². The van der Waals surface area contributed by atoms with Crippen LogP contribution in [0.1, 0.15) is 35.2 Å². The molecule has 0 saturated carbocycles. The molecule has 0 bridgehead atoms. The standard InChI is InChI=1S/C25H21ClFNO4S/c1-16-5-11-21(12-6-16)33(31,32)28-23(17-7-9-20(27)10-8-17)14-13-22(25(29)30)24(28)18-3-2-4-19(26)15-18/h2-13,15,23-24H,14H2,1H3,(H,29,30)/t23-,24-/m0/s1. The van der Waals surface area contributed by atoms with Gasteiger partial charge in [-0.05, 0) is 60.9 Å². The maximum atomic E-state index is 14.0. The maximum absolute atomic E-state index is 14.0. The molecule has 4 rings (SSSR count). The van der Waals surface area contributed by atoms with Gasteiger partial charge in [0.2, 0.25) is 10.0 Å². The van der Waals surface area contributed by atoms with E-state index in [1.165, 1.54) is 46.8 Å². The third kappa shape index (κ3) is 4.57. The fourth-order valence-corrected chi connectivity index (χ4v) is 6.06. The van der Waals surface area contributed by atoms with Gasteiger partial charge in [0.25, 0.3) is 0 Å². The molecule has 2 atom stereocenters. The normalized spacial score (nSPS) is 19.2. The van der Waals surface area contributed by atoms with Crippen LogP contribution in [0.25, 0.3) is 0 Å². The van der Waals surface area contributed by atoms with Crippen molar-refractivity contribution in [1.82, 2.24) is 4.31 Å². The second-order valence-electron chi connectivity index (χ2n) is 7.87. The first-order valence-corrected chi connectivity index (χ1v) is 12.0. The Hall–Kier alpha value is -3.00. The minimum Gasteiger partial charge on any atom is -0.478 e. The molecule has 8 heteroatoms. The monoisotopic (exact) mass is 485 g/mol. The molecule has 33 heavy (non-hydrogen) atoms. The average Bonchev–Trinajstić information content (AvgIpc) is 2.79. The number of aryl methyl sites for hydroxylation is 1. The predicted molar refractivity (Wildman–Crippen MR) is 124 cm³/mol. The zero-order valence-corrected chi connectivity index (χ0v) is 19.2. The maximum Gasteiger partial charge on any atom is 0.333 e. The first-order chi connectivity index (χ1) is 15.7. The summed E-state index contributed by atoms with van der Waals surface area (Å²) in [5.74, 6) is -1.67. The Morgan fingerprint density at radius 2 is 1.70 bits per heavy atom. The van der Waals surface area contributed by atoms with Crippen molar-refractivity contribution in [3.8, 4) is 0 Å². The van der Waals surface area contributed by atoms with Crippen molar-refractivity contribution in [1.29, 1.82) is 0 Å². The van der Waals surface area contributed by atoms with E-state index in [4.69, 9.17) is 11.6 Å². The number of carboxylic acids is 1. The van der Waals surface area contributed by atoms with Gasteiger partial charge in [-0.15, -0.1) is 0 Å². The van der Waals surface area contributed by atoms with Crippen molar-refractivity contribution in [2.45, 2.75) is 30.3 Å². The molecule has 0 amide bonds. The SMILES string of the molecule is Cc1ccc(S(=O)(=O)N2[C@@H](c3cccc(Cl)c3)C(C(=O)O)=CC[C@H]2c2ccc(F)cc2)cc1. The van der Waals surface area contributed by atoms with Gasteiger partial charge in [0, 0.05) is 5.02 Å². The third-order valence-corrected chi connectivity index (χ3v) is 7.80. The molecular formula is C25H21ClFNO4S. The Labute approximate surface area is 196 Å². The molecule has 170 valence electrons. The summed E-state index contributed by atoms with van der Waals surface area (Å²) in [5.41, 5.74) is 1.81. The molecule has 1 aliphatic heterocycles. The topological polar surface area (TPSA) is 74.7 Å². The van der Waals surface area contributed by atoms with Gasteiger partial charge >= 0.3 is 5.97 Å². The number of aliphatic carboxylic acids is 1. The first kappa shape index (κ1) is 23.2. The van der Waals surface area contributed by atoms with E-state index in [-0.39, 0.29) is 16.9 Å². The minimum atomic E-state index is -4.17. The lowest BCUT2D eigenvalue weighted by atomic mass is 9.89. The van der Waals surface area contributed by atoms with E-state index >= 15 is 0 Å². The van der Waals surface area contributed by atoms with Crippen LogP contribution in [0.15, 0.2) is 89.3 Å². The number of carboxylic acid groups (broad SMARTS) is 1. The van der Waals surface area contributed by atoms with Crippen molar-refractivity contribution in [2.75, 3.05) is 0 Å². The molecule has 3 aromatic rings. The molecular weight excluding hydrogens is 465 g/mol. The second kappa shape index (κ2) is 9.09. The van der Waals surface area contributed by atoms with E-state index in [1.807, 2.05) is 6.92 Å². The van der Waals surface area contributed by atoms with Crippen LogP contribution in [0.3, 0.4) is 0 Å². The van der Waals surface area contributed by atoms with Crippen LogP contribution in [-0.2, 0) is 14.8 Å². The number of rotatable bonds is 5. The molecule has 0 unspecified atom stereocenters. The number of nitrogens with zero attached hydrogens (tertiary/aromatic N) is 1. The molecule has 0 saturated heterocycles. The van der Waals surface area contributed by atoms with Crippen molar-refractivity contribution in [3.63, 3.8) is 0 Å². The summed E-state index contributed by atoms with van der Waals surface area (Å²) in [5, 5.41) is 10.3. The fourth-order valence-electron chi connectivity index (χ4n) is 4.08. The lowest BCUT2D eigenvalue weighted by Crippen LogP contribution is -2.42. The number of benzene rings is 3. The van der Waals surface area contributed by atoms with E-state index in [1.54, 1.807) is 36.4 Å². The number of sulfonamides is 1. The summed E-state index contributed by atoms with van der Waals surface area (Å²) in [4.78, 5) is 12.2. The molecule has 0 aromatic heterocycles. The average molecular weight is 486 g/mol. The quantitative estimate of drug-likeness (QED) is 0.505. The van der Waals surface area contributed by atoms with Crippen LogP contribution in [0.5, 0.6) is 0 Å². The largest absolute Gasteiger partial charge is 0.478 e. The first-order valence-electron chi connectivity index (χ1n) is 10.2. The summed E-state index contributed by atoms with van der Waals surface area (Å²) in [6, 6.07) is 16.6. The number of hydrogen-bond donors (Lipinski definition) is 1. The van der Waals surface area contributed by atoms with E-state index in [2.05, 4.69) is 0 Å². The fraction of sp³-hybridized carbons (Fsp3) is 0.160.